The van der Waals surface area contributed by atoms with Crippen LogP contribution >= 0.6 is 28.3 Å². The third kappa shape index (κ3) is 3.21. The van der Waals surface area contributed by atoms with Gasteiger partial charge in [0.2, 0.25) is 0 Å². The van der Waals surface area contributed by atoms with Gasteiger partial charge in [0, 0.05) is 29.2 Å². The molecule has 1 heterocycles. The first-order chi connectivity index (χ1) is 7.58. The summed E-state index contributed by atoms with van der Waals surface area (Å²) in [5.74, 6) is 0.0866. The second-order valence-electron chi connectivity index (χ2n) is 4.26. The van der Waals surface area contributed by atoms with E-state index in [1.807, 2.05) is 30.0 Å². The van der Waals surface area contributed by atoms with Crippen LogP contribution in [0.4, 0.5) is 0 Å². The van der Waals surface area contributed by atoms with Crippen LogP contribution in [0.15, 0.2) is 22.7 Å². The summed E-state index contributed by atoms with van der Waals surface area (Å²) in [7, 11) is 0. The van der Waals surface area contributed by atoms with Crippen molar-refractivity contribution in [2.75, 3.05) is 13.1 Å². The van der Waals surface area contributed by atoms with Gasteiger partial charge >= 0.3 is 0 Å². The highest BCUT2D eigenvalue weighted by atomic mass is 79.9. The lowest BCUT2D eigenvalue weighted by Crippen LogP contribution is -2.31. The van der Waals surface area contributed by atoms with Gasteiger partial charge in [0.05, 0.1) is 0 Å². The topological polar surface area (TPSA) is 46.3 Å². The Labute approximate surface area is 116 Å². The molecule has 0 bridgehead atoms. The summed E-state index contributed by atoms with van der Waals surface area (Å²) in [6.45, 7) is 3.43. The smallest absolute Gasteiger partial charge is 0.253 e. The van der Waals surface area contributed by atoms with E-state index in [4.69, 9.17) is 5.73 Å². The lowest BCUT2D eigenvalue weighted by molar-refractivity contribution is 0.0791. The third-order valence-electron chi connectivity index (χ3n) is 2.92. The van der Waals surface area contributed by atoms with Crippen LogP contribution in [0.1, 0.15) is 22.3 Å². The molecule has 0 saturated carbocycles. The SMILES string of the molecule is Cc1cc(C(=O)N2CC[C@@H](N)C2)ccc1Br.Cl. The van der Waals surface area contributed by atoms with E-state index in [1.54, 1.807) is 0 Å². The Morgan fingerprint density at radius 1 is 1.53 bits per heavy atom. The number of benzene rings is 1. The van der Waals surface area contributed by atoms with Crippen LogP contribution in [0.2, 0.25) is 0 Å². The summed E-state index contributed by atoms with van der Waals surface area (Å²) in [4.78, 5) is 13.9. The van der Waals surface area contributed by atoms with Crippen LogP contribution < -0.4 is 5.73 Å². The summed E-state index contributed by atoms with van der Waals surface area (Å²) in [6, 6.07) is 5.82. The van der Waals surface area contributed by atoms with Crippen LogP contribution in [-0.4, -0.2) is 29.9 Å². The number of nitrogens with two attached hydrogens (primary N) is 1. The normalized spacial score (nSPS) is 19.0. The maximum absolute atomic E-state index is 12.1. The largest absolute Gasteiger partial charge is 0.337 e. The summed E-state index contributed by atoms with van der Waals surface area (Å²) in [6.07, 6.45) is 0.904. The van der Waals surface area contributed by atoms with Crippen molar-refractivity contribution in [2.45, 2.75) is 19.4 Å². The maximum Gasteiger partial charge on any atom is 0.253 e. The molecule has 0 spiro atoms. The van der Waals surface area contributed by atoms with Crippen LogP contribution in [0.25, 0.3) is 0 Å². The molecule has 0 aromatic heterocycles. The molecule has 1 fully saturated rings. The van der Waals surface area contributed by atoms with Crippen LogP contribution in [0, 0.1) is 6.92 Å². The fourth-order valence-electron chi connectivity index (χ4n) is 1.93. The number of rotatable bonds is 1. The summed E-state index contributed by atoms with van der Waals surface area (Å²) in [5, 5.41) is 0. The number of carbonyl (C=O) groups excluding carboxylic acids is 1. The molecule has 1 aliphatic rings. The molecule has 17 heavy (non-hydrogen) atoms. The van der Waals surface area contributed by atoms with Gasteiger partial charge < -0.3 is 10.6 Å². The zero-order chi connectivity index (χ0) is 11.7. The number of halogens is 2. The molecule has 1 aliphatic heterocycles. The fourth-order valence-corrected chi connectivity index (χ4v) is 2.18. The minimum atomic E-state index is 0. The standard InChI is InChI=1S/C12H15BrN2O.ClH/c1-8-6-9(2-3-11(8)13)12(16)15-5-4-10(14)7-15;/h2-3,6,10H,4-5,7,14H2,1H3;1H/t10-;/m1./s1. The molecular weight excluding hydrogens is 304 g/mol. The first-order valence-corrected chi connectivity index (χ1v) is 6.18. The number of likely N-dealkylation sites (tertiary alicyclic amines) is 1. The van der Waals surface area contributed by atoms with Gasteiger partial charge in [-0.2, -0.15) is 0 Å². The lowest BCUT2D eigenvalue weighted by Gasteiger charge is -2.16. The number of nitrogens with zero attached hydrogens (tertiary/aromatic N) is 1. The van der Waals surface area contributed by atoms with Crippen molar-refractivity contribution in [3.63, 3.8) is 0 Å². The number of hydrogen-bond donors (Lipinski definition) is 1. The van der Waals surface area contributed by atoms with E-state index in [1.165, 1.54) is 0 Å². The van der Waals surface area contributed by atoms with Gasteiger partial charge in [0.1, 0.15) is 0 Å². The Kier molecular flexibility index (Phi) is 4.98. The van der Waals surface area contributed by atoms with Gasteiger partial charge in [-0.25, -0.2) is 0 Å². The average Bonchev–Trinajstić information content (AvgIpc) is 2.68. The van der Waals surface area contributed by atoms with Crippen LogP contribution in [-0.2, 0) is 0 Å². The van der Waals surface area contributed by atoms with Crippen molar-refractivity contribution in [3.05, 3.63) is 33.8 Å². The average molecular weight is 320 g/mol. The molecule has 1 atom stereocenters. The highest BCUT2D eigenvalue weighted by Crippen LogP contribution is 2.19. The predicted octanol–water partition coefficient (Wildman–Crippen LogP) is 2.35. The summed E-state index contributed by atoms with van der Waals surface area (Å²) >= 11 is 3.43. The molecule has 1 saturated heterocycles. The lowest BCUT2D eigenvalue weighted by atomic mass is 10.1. The molecule has 2 rings (SSSR count). The zero-order valence-corrected chi connectivity index (χ0v) is 12.1. The van der Waals surface area contributed by atoms with E-state index in [9.17, 15) is 4.79 Å². The molecule has 1 aromatic rings. The molecule has 5 heteroatoms. The Balaban J connectivity index is 0.00000144. The molecule has 94 valence electrons. The molecule has 0 radical (unpaired) electrons. The molecule has 3 nitrogen and oxygen atoms in total. The molecule has 2 N–H and O–H groups in total. The van der Waals surface area contributed by atoms with Gasteiger partial charge in [-0.15, -0.1) is 12.4 Å². The van der Waals surface area contributed by atoms with Crippen molar-refractivity contribution >= 4 is 34.2 Å². The summed E-state index contributed by atoms with van der Waals surface area (Å²) < 4.78 is 1.03. The van der Waals surface area contributed by atoms with Gasteiger partial charge in [-0.05, 0) is 37.1 Å². The van der Waals surface area contributed by atoms with E-state index in [0.717, 1.165) is 28.6 Å². The van der Waals surface area contributed by atoms with Crippen molar-refractivity contribution in [1.82, 2.24) is 4.90 Å². The second-order valence-corrected chi connectivity index (χ2v) is 5.12. The van der Waals surface area contributed by atoms with Crippen molar-refractivity contribution in [3.8, 4) is 0 Å². The van der Waals surface area contributed by atoms with Gasteiger partial charge in [-0.3, -0.25) is 4.79 Å². The quantitative estimate of drug-likeness (QED) is 0.863. The van der Waals surface area contributed by atoms with E-state index in [2.05, 4.69) is 15.9 Å². The Morgan fingerprint density at radius 3 is 2.76 bits per heavy atom. The van der Waals surface area contributed by atoms with Crippen LogP contribution in [0.3, 0.4) is 0 Å². The van der Waals surface area contributed by atoms with Crippen molar-refractivity contribution < 1.29 is 4.79 Å². The minimum Gasteiger partial charge on any atom is -0.337 e. The number of hydrogen-bond acceptors (Lipinski definition) is 2. The predicted molar refractivity (Wildman–Crippen MR) is 74.6 cm³/mol. The maximum atomic E-state index is 12.1. The van der Waals surface area contributed by atoms with Gasteiger partial charge in [-0.1, -0.05) is 15.9 Å². The van der Waals surface area contributed by atoms with Gasteiger partial charge in [0.25, 0.3) is 5.91 Å². The van der Waals surface area contributed by atoms with E-state index >= 15 is 0 Å². The molecule has 1 amide bonds. The Hall–Kier alpha value is -0.580. The van der Waals surface area contributed by atoms with E-state index in [-0.39, 0.29) is 24.4 Å². The first-order valence-electron chi connectivity index (χ1n) is 5.39. The Bertz CT molecular complexity index is 425. The first kappa shape index (κ1) is 14.5. The molecule has 1 aromatic carbocycles. The molecule has 0 aliphatic carbocycles. The van der Waals surface area contributed by atoms with Crippen molar-refractivity contribution in [1.29, 1.82) is 0 Å². The Morgan fingerprint density at radius 2 is 2.24 bits per heavy atom. The third-order valence-corrected chi connectivity index (χ3v) is 3.81. The highest BCUT2D eigenvalue weighted by molar-refractivity contribution is 9.10. The number of amides is 1. The molecule has 0 unspecified atom stereocenters. The minimum absolute atomic E-state index is 0. The van der Waals surface area contributed by atoms with E-state index < -0.39 is 0 Å². The monoisotopic (exact) mass is 318 g/mol. The fraction of sp³-hybridized carbons (Fsp3) is 0.417. The zero-order valence-electron chi connectivity index (χ0n) is 9.65. The number of aryl methyl sites for hydroxylation is 1. The van der Waals surface area contributed by atoms with Gasteiger partial charge in [0.15, 0.2) is 0 Å². The van der Waals surface area contributed by atoms with E-state index in [0.29, 0.717) is 6.54 Å². The molecular formula is C12H16BrClN2O. The second kappa shape index (κ2) is 5.85. The summed E-state index contributed by atoms with van der Waals surface area (Å²) in [5.41, 5.74) is 7.62. The van der Waals surface area contributed by atoms with Crippen molar-refractivity contribution in [2.24, 2.45) is 5.73 Å². The van der Waals surface area contributed by atoms with Crippen LogP contribution in [0.5, 0.6) is 0 Å². The number of carbonyl (C=O) groups is 1. The highest BCUT2D eigenvalue weighted by Gasteiger charge is 2.24.